The minimum absolute atomic E-state index is 0.187. The first kappa shape index (κ1) is 21.2. The van der Waals surface area contributed by atoms with E-state index in [4.69, 9.17) is 4.74 Å². The van der Waals surface area contributed by atoms with Gasteiger partial charge in [-0.05, 0) is 58.2 Å². The molecule has 1 fully saturated rings. The Bertz CT molecular complexity index is 646. The van der Waals surface area contributed by atoms with E-state index in [2.05, 4.69) is 10.6 Å². The monoisotopic (exact) mass is 378 g/mol. The standard InChI is InChI=1S/C21H31FN2O3/c1-15(24-19(26)27-20(2,3)4)18(25)23-14-21(12-6-5-7-13-21)16-8-10-17(22)11-9-16/h8-11,15H,5-7,12-14H2,1-4H3,(H,23,25)(H,24,26). The van der Waals surface area contributed by atoms with E-state index in [9.17, 15) is 14.0 Å². The van der Waals surface area contributed by atoms with Crippen molar-refractivity contribution in [2.24, 2.45) is 0 Å². The number of ether oxygens (including phenoxy) is 1. The molecule has 1 aromatic carbocycles. The molecular formula is C21H31FN2O3. The second kappa shape index (κ2) is 8.72. The van der Waals surface area contributed by atoms with Crippen LogP contribution in [0.2, 0.25) is 0 Å². The molecule has 5 nitrogen and oxygen atoms in total. The maximum absolute atomic E-state index is 13.3. The lowest BCUT2D eigenvalue weighted by Gasteiger charge is -2.38. The number of nitrogens with one attached hydrogen (secondary N) is 2. The van der Waals surface area contributed by atoms with Crippen LogP contribution in [-0.4, -0.2) is 30.2 Å². The molecule has 0 saturated heterocycles. The summed E-state index contributed by atoms with van der Waals surface area (Å²) in [6.45, 7) is 7.41. The van der Waals surface area contributed by atoms with Crippen LogP contribution in [0.25, 0.3) is 0 Å². The molecule has 0 heterocycles. The van der Waals surface area contributed by atoms with Gasteiger partial charge in [0.25, 0.3) is 0 Å². The number of carbonyl (C=O) groups excluding carboxylic acids is 2. The van der Waals surface area contributed by atoms with Crippen molar-refractivity contribution in [3.05, 3.63) is 35.6 Å². The predicted octanol–water partition coefficient (Wildman–Crippen LogP) is 4.06. The van der Waals surface area contributed by atoms with Crippen molar-refractivity contribution in [3.63, 3.8) is 0 Å². The maximum Gasteiger partial charge on any atom is 0.408 e. The molecule has 2 N–H and O–H groups in total. The van der Waals surface area contributed by atoms with Gasteiger partial charge in [0.1, 0.15) is 17.5 Å². The fourth-order valence-electron chi connectivity index (χ4n) is 3.56. The zero-order valence-corrected chi connectivity index (χ0v) is 16.7. The first-order valence-electron chi connectivity index (χ1n) is 9.65. The molecule has 1 unspecified atom stereocenters. The lowest BCUT2D eigenvalue weighted by molar-refractivity contribution is -0.123. The molecule has 27 heavy (non-hydrogen) atoms. The van der Waals surface area contributed by atoms with Crippen molar-refractivity contribution >= 4 is 12.0 Å². The summed E-state index contributed by atoms with van der Waals surface area (Å²) in [6, 6.07) is 5.87. The molecule has 0 radical (unpaired) electrons. The second-order valence-corrected chi connectivity index (χ2v) is 8.43. The van der Waals surface area contributed by atoms with Gasteiger partial charge in [-0.2, -0.15) is 0 Å². The largest absolute Gasteiger partial charge is 0.444 e. The number of benzene rings is 1. The zero-order valence-electron chi connectivity index (χ0n) is 16.7. The van der Waals surface area contributed by atoms with Crippen molar-refractivity contribution in [2.45, 2.75) is 76.9 Å². The highest BCUT2D eigenvalue weighted by Gasteiger charge is 2.34. The lowest BCUT2D eigenvalue weighted by Crippen LogP contribution is -2.50. The lowest BCUT2D eigenvalue weighted by atomic mass is 9.69. The van der Waals surface area contributed by atoms with E-state index in [0.29, 0.717) is 6.54 Å². The van der Waals surface area contributed by atoms with Gasteiger partial charge >= 0.3 is 6.09 Å². The van der Waals surface area contributed by atoms with Crippen LogP contribution in [0.1, 0.15) is 65.4 Å². The quantitative estimate of drug-likeness (QED) is 0.812. The van der Waals surface area contributed by atoms with Crippen molar-refractivity contribution < 1.29 is 18.7 Å². The van der Waals surface area contributed by atoms with Gasteiger partial charge in [0.05, 0.1) is 0 Å². The molecule has 0 spiro atoms. The molecule has 0 aliphatic heterocycles. The Morgan fingerprint density at radius 1 is 1.15 bits per heavy atom. The van der Waals surface area contributed by atoms with Crippen molar-refractivity contribution in [1.29, 1.82) is 0 Å². The summed E-state index contributed by atoms with van der Waals surface area (Å²) < 4.78 is 18.5. The van der Waals surface area contributed by atoms with Gasteiger partial charge in [-0.1, -0.05) is 31.4 Å². The van der Waals surface area contributed by atoms with Crippen molar-refractivity contribution in [1.82, 2.24) is 10.6 Å². The Balaban J connectivity index is 1.99. The molecular weight excluding hydrogens is 347 g/mol. The number of rotatable bonds is 5. The smallest absolute Gasteiger partial charge is 0.408 e. The summed E-state index contributed by atoms with van der Waals surface area (Å²) in [4.78, 5) is 24.3. The first-order valence-corrected chi connectivity index (χ1v) is 9.65. The molecule has 1 atom stereocenters. The average Bonchev–Trinajstić information content (AvgIpc) is 2.59. The Morgan fingerprint density at radius 3 is 2.30 bits per heavy atom. The zero-order chi connectivity index (χ0) is 20.1. The average molecular weight is 378 g/mol. The topological polar surface area (TPSA) is 67.4 Å². The Hall–Kier alpha value is -2.11. The second-order valence-electron chi connectivity index (χ2n) is 8.43. The number of hydrogen-bond acceptors (Lipinski definition) is 3. The van der Waals surface area contributed by atoms with E-state index < -0.39 is 17.7 Å². The highest BCUT2D eigenvalue weighted by atomic mass is 19.1. The molecule has 1 aromatic rings. The van der Waals surface area contributed by atoms with E-state index in [1.807, 2.05) is 12.1 Å². The normalized spacial score (nSPS) is 17.7. The van der Waals surface area contributed by atoms with E-state index in [-0.39, 0.29) is 17.1 Å². The summed E-state index contributed by atoms with van der Waals surface area (Å²) in [6.07, 6.45) is 4.63. The maximum atomic E-state index is 13.3. The first-order chi connectivity index (χ1) is 12.6. The van der Waals surface area contributed by atoms with Gasteiger partial charge < -0.3 is 15.4 Å². The molecule has 2 amide bonds. The minimum Gasteiger partial charge on any atom is -0.444 e. The van der Waals surface area contributed by atoms with Gasteiger partial charge in [0.2, 0.25) is 5.91 Å². The van der Waals surface area contributed by atoms with Crippen LogP contribution in [0.15, 0.2) is 24.3 Å². The summed E-state index contributed by atoms with van der Waals surface area (Å²) in [5.41, 5.74) is 0.249. The van der Waals surface area contributed by atoms with Gasteiger partial charge in [0, 0.05) is 12.0 Å². The third-order valence-electron chi connectivity index (χ3n) is 4.99. The fraction of sp³-hybridized carbons (Fsp3) is 0.619. The van der Waals surface area contributed by atoms with Gasteiger partial charge in [-0.15, -0.1) is 0 Å². The molecule has 2 rings (SSSR count). The van der Waals surface area contributed by atoms with E-state index >= 15 is 0 Å². The van der Waals surface area contributed by atoms with Crippen LogP contribution >= 0.6 is 0 Å². The Morgan fingerprint density at radius 2 is 1.74 bits per heavy atom. The highest BCUT2D eigenvalue weighted by molar-refractivity contribution is 5.85. The summed E-state index contributed by atoms with van der Waals surface area (Å²) in [5.74, 6) is -0.517. The molecule has 6 heteroatoms. The number of amides is 2. The van der Waals surface area contributed by atoms with Crippen LogP contribution in [0, 0.1) is 5.82 Å². The number of carbonyl (C=O) groups is 2. The highest BCUT2D eigenvalue weighted by Crippen LogP contribution is 2.39. The third kappa shape index (κ3) is 6.22. The molecule has 1 saturated carbocycles. The molecule has 150 valence electrons. The number of alkyl carbamates (subject to hydrolysis) is 1. The van der Waals surface area contributed by atoms with Crippen LogP contribution in [-0.2, 0) is 14.9 Å². The Kier molecular flexibility index (Phi) is 6.84. The fourth-order valence-corrected chi connectivity index (χ4v) is 3.56. The molecule has 1 aliphatic rings. The summed E-state index contributed by atoms with van der Waals surface area (Å²) >= 11 is 0. The van der Waals surface area contributed by atoms with Crippen molar-refractivity contribution in [2.75, 3.05) is 6.54 Å². The van der Waals surface area contributed by atoms with Gasteiger partial charge in [0.15, 0.2) is 0 Å². The molecule has 1 aliphatic carbocycles. The van der Waals surface area contributed by atoms with Gasteiger partial charge in [-0.3, -0.25) is 4.79 Å². The van der Waals surface area contributed by atoms with Gasteiger partial charge in [-0.25, -0.2) is 9.18 Å². The van der Waals surface area contributed by atoms with Crippen LogP contribution in [0.3, 0.4) is 0 Å². The third-order valence-corrected chi connectivity index (χ3v) is 4.99. The van der Waals surface area contributed by atoms with Crippen LogP contribution < -0.4 is 10.6 Å². The number of halogens is 1. The Labute approximate surface area is 161 Å². The van der Waals surface area contributed by atoms with Crippen LogP contribution in [0.4, 0.5) is 9.18 Å². The minimum atomic E-state index is -0.700. The molecule has 0 aromatic heterocycles. The van der Waals surface area contributed by atoms with Crippen molar-refractivity contribution in [3.8, 4) is 0 Å². The SMILES string of the molecule is CC(NC(=O)OC(C)(C)C)C(=O)NCC1(c2ccc(F)cc2)CCCCC1. The van der Waals surface area contributed by atoms with E-state index in [1.54, 1.807) is 27.7 Å². The molecule has 0 bridgehead atoms. The summed E-state index contributed by atoms with van der Waals surface area (Å²) in [7, 11) is 0. The van der Waals surface area contributed by atoms with E-state index in [1.165, 1.54) is 18.6 Å². The number of hydrogen-bond donors (Lipinski definition) is 2. The van der Waals surface area contributed by atoms with Crippen LogP contribution in [0.5, 0.6) is 0 Å². The predicted molar refractivity (Wildman–Crippen MR) is 103 cm³/mol. The summed E-state index contributed by atoms with van der Waals surface area (Å²) in [5, 5.41) is 5.53. The van der Waals surface area contributed by atoms with E-state index in [0.717, 1.165) is 31.2 Å².